The van der Waals surface area contributed by atoms with Crippen molar-refractivity contribution < 1.29 is 26.4 Å². The van der Waals surface area contributed by atoms with Crippen molar-refractivity contribution in [3.63, 3.8) is 0 Å². The fraction of sp³-hybridized carbons (Fsp3) is 0.500. The summed E-state index contributed by atoms with van der Waals surface area (Å²) in [5.41, 5.74) is -0.695. The summed E-state index contributed by atoms with van der Waals surface area (Å²) in [6.07, 6.45) is 0.769. The molecule has 10 heteroatoms. The molecule has 0 spiro atoms. The lowest BCUT2D eigenvalue weighted by Crippen LogP contribution is -2.50. The topological polar surface area (TPSA) is 60.9 Å². The average molecular weight is 365 g/mol. The van der Waals surface area contributed by atoms with E-state index in [1.165, 1.54) is 4.90 Å². The van der Waals surface area contributed by atoms with Crippen LogP contribution in [0.2, 0.25) is 0 Å². The Bertz CT molecular complexity index is 734. The first-order valence-electron chi connectivity index (χ1n) is 7.19. The van der Waals surface area contributed by atoms with E-state index in [4.69, 9.17) is 0 Å². The normalized spacial score (nSPS) is 16.3. The highest BCUT2D eigenvalue weighted by molar-refractivity contribution is 7.92. The number of carbonyl (C=O) groups is 1. The van der Waals surface area contributed by atoms with Crippen molar-refractivity contribution >= 4 is 21.6 Å². The Morgan fingerprint density at radius 3 is 2.25 bits per heavy atom. The molecule has 1 saturated heterocycles. The van der Waals surface area contributed by atoms with Gasteiger partial charge in [-0.05, 0) is 19.2 Å². The molecule has 2 rings (SSSR count). The molecule has 6 nitrogen and oxygen atoms in total. The summed E-state index contributed by atoms with van der Waals surface area (Å²) in [5, 5.41) is 0. The predicted molar refractivity (Wildman–Crippen MR) is 82.6 cm³/mol. The van der Waals surface area contributed by atoms with Crippen molar-refractivity contribution in [2.75, 3.05) is 50.3 Å². The zero-order valence-electron chi connectivity index (χ0n) is 13.3. The van der Waals surface area contributed by atoms with Crippen LogP contribution in [-0.4, -0.2) is 70.2 Å². The fourth-order valence-corrected chi connectivity index (χ4v) is 3.21. The summed E-state index contributed by atoms with van der Waals surface area (Å²) >= 11 is 0. The van der Waals surface area contributed by atoms with Crippen molar-refractivity contribution in [1.82, 2.24) is 9.80 Å². The Morgan fingerprint density at radius 2 is 1.71 bits per heavy atom. The number of halogens is 3. The van der Waals surface area contributed by atoms with Gasteiger partial charge in [0.05, 0.1) is 11.9 Å². The lowest BCUT2D eigenvalue weighted by atomic mass is 10.2. The number of piperazine rings is 1. The third-order valence-electron chi connectivity index (χ3n) is 3.82. The van der Waals surface area contributed by atoms with Crippen LogP contribution in [0.4, 0.5) is 18.9 Å². The molecule has 1 fully saturated rings. The second-order valence-corrected chi connectivity index (χ2v) is 7.55. The molecule has 0 N–H and O–H groups in total. The molecule has 0 saturated carbocycles. The number of amides is 1. The molecule has 134 valence electrons. The van der Waals surface area contributed by atoms with Gasteiger partial charge < -0.3 is 9.80 Å². The molecule has 1 aromatic rings. The second-order valence-electron chi connectivity index (χ2n) is 5.65. The van der Waals surface area contributed by atoms with Crippen LogP contribution in [0.5, 0.6) is 0 Å². The van der Waals surface area contributed by atoms with E-state index in [1.54, 1.807) is 0 Å². The van der Waals surface area contributed by atoms with Crippen molar-refractivity contribution in [3.8, 4) is 0 Å². The number of benzene rings is 1. The van der Waals surface area contributed by atoms with Crippen molar-refractivity contribution in [1.29, 1.82) is 0 Å². The van der Waals surface area contributed by atoms with Crippen molar-refractivity contribution in [3.05, 3.63) is 29.6 Å². The predicted octanol–water partition coefficient (Wildman–Crippen LogP) is 0.644. The van der Waals surface area contributed by atoms with Crippen LogP contribution in [0.25, 0.3) is 0 Å². The molecule has 1 aliphatic rings. The van der Waals surface area contributed by atoms with E-state index in [0.717, 1.165) is 12.3 Å². The maximum Gasteiger partial charge on any atom is 0.243 e. The Labute approximate surface area is 138 Å². The van der Waals surface area contributed by atoms with Gasteiger partial charge in [-0.15, -0.1) is 0 Å². The lowest BCUT2D eigenvalue weighted by Gasteiger charge is -2.34. The number of carbonyl (C=O) groups excluding carboxylic acids is 1. The molecular formula is C14H18F3N3O3S. The third-order valence-corrected chi connectivity index (χ3v) is 4.95. The molecule has 0 bridgehead atoms. The van der Waals surface area contributed by atoms with Crippen LogP contribution in [-0.2, 0) is 14.8 Å². The number of hydrogen-bond donors (Lipinski definition) is 0. The van der Waals surface area contributed by atoms with E-state index >= 15 is 0 Å². The maximum atomic E-state index is 13.9. The van der Waals surface area contributed by atoms with Crippen LogP contribution >= 0.6 is 0 Å². The molecular weight excluding hydrogens is 347 g/mol. The highest BCUT2D eigenvalue weighted by Gasteiger charge is 2.29. The first kappa shape index (κ1) is 18.5. The Morgan fingerprint density at radius 1 is 1.12 bits per heavy atom. The van der Waals surface area contributed by atoms with E-state index in [0.29, 0.717) is 36.6 Å². The summed E-state index contributed by atoms with van der Waals surface area (Å²) < 4.78 is 64.7. The Balaban J connectivity index is 2.28. The van der Waals surface area contributed by atoms with E-state index < -0.39 is 45.6 Å². The third kappa shape index (κ3) is 3.99. The average Bonchev–Trinajstić information content (AvgIpc) is 2.50. The monoisotopic (exact) mass is 365 g/mol. The van der Waals surface area contributed by atoms with Gasteiger partial charge in [0.25, 0.3) is 0 Å². The molecule has 1 aliphatic heterocycles. The minimum atomic E-state index is -4.07. The maximum absolute atomic E-state index is 13.9. The standard InChI is InChI=1S/C14H18F3N3O3S/c1-18-5-7-19(8-6-18)12(21)9-20(24(2,22)23)11-4-3-10(15)13(16)14(11)17/h3-4H,5-9H2,1-2H3. The van der Waals surface area contributed by atoms with Gasteiger partial charge in [0, 0.05) is 26.2 Å². The first-order chi connectivity index (χ1) is 11.1. The van der Waals surface area contributed by atoms with Gasteiger partial charge in [-0.2, -0.15) is 0 Å². The second kappa shape index (κ2) is 6.98. The van der Waals surface area contributed by atoms with Gasteiger partial charge in [-0.25, -0.2) is 21.6 Å². The zero-order valence-corrected chi connectivity index (χ0v) is 14.1. The first-order valence-corrected chi connectivity index (χ1v) is 9.03. The van der Waals surface area contributed by atoms with E-state index in [2.05, 4.69) is 0 Å². The summed E-state index contributed by atoms with van der Waals surface area (Å²) in [7, 11) is -2.18. The molecule has 24 heavy (non-hydrogen) atoms. The molecule has 1 aromatic carbocycles. The van der Waals surface area contributed by atoms with Crippen molar-refractivity contribution in [2.24, 2.45) is 0 Å². The number of anilines is 1. The molecule has 1 amide bonds. The van der Waals surface area contributed by atoms with Gasteiger partial charge in [-0.3, -0.25) is 9.10 Å². The quantitative estimate of drug-likeness (QED) is 0.735. The van der Waals surface area contributed by atoms with Gasteiger partial charge in [0.2, 0.25) is 15.9 Å². The number of sulfonamides is 1. The van der Waals surface area contributed by atoms with Gasteiger partial charge >= 0.3 is 0 Å². The van der Waals surface area contributed by atoms with E-state index in [-0.39, 0.29) is 0 Å². The highest BCUT2D eigenvalue weighted by atomic mass is 32.2. The minimum Gasteiger partial charge on any atom is -0.339 e. The lowest BCUT2D eigenvalue weighted by molar-refractivity contribution is -0.131. The zero-order chi connectivity index (χ0) is 18.1. The van der Waals surface area contributed by atoms with Crippen molar-refractivity contribution in [2.45, 2.75) is 0 Å². The van der Waals surface area contributed by atoms with Crippen LogP contribution in [0, 0.1) is 17.5 Å². The summed E-state index contributed by atoms with van der Waals surface area (Å²) in [6.45, 7) is 1.40. The number of rotatable bonds is 4. The summed E-state index contributed by atoms with van der Waals surface area (Å²) in [6, 6.07) is 1.41. The molecule has 0 atom stereocenters. The van der Waals surface area contributed by atoms with Gasteiger partial charge in [0.15, 0.2) is 17.5 Å². The molecule has 0 aromatic heterocycles. The van der Waals surface area contributed by atoms with Crippen LogP contribution in [0.3, 0.4) is 0 Å². The van der Waals surface area contributed by atoms with E-state index in [9.17, 15) is 26.4 Å². The van der Waals surface area contributed by atoms with Gasteiger partial charge in [-0.1, -0.05) is 0 Å². The molecule has 0 radical (unpaired) electrons. The smallest absolute Gasteiger partial charge is 0.243 e. The van der Waals surface area contributed by atoms with Crippen LogP contribution in [0.1, 0.15) is 0 Å². The number of nitrogens with zero attached hydrogens (tertiary/aromatic N) is 3. The van der Waals surface area contributed by atoms with Crippen LogP contribution in [0.15, 0.2) is 12.1 Å². The van der Waals surface area contributed by atoms with Gasteiger partial charge in [0.1, 0.15) is 6.54 Å². The number of likely N-dealkylation sites (N-methyl/N-ethyl adjacent to an activating group) is 1. The SMILES string of the molecule is CN1CCN(C(=O)CN(c2ccc(F)c(F)c2F)S(C)(=O)=O)CC1. The Kier molecular flexibility index (Phi) is 5.38. The fourth-order valence-electron chi connectivity index (χ4n) is 2.37. The largest absolute Gasteiger partial charge is 0.339 e. The summed E-state index contributed by atoms with van der Waals surface area (Å²) in [4.78, 5) is 15.8. The molecule has 0 aliphatic carbocycles. The number of hydrogen-bond acceptors (Lipinski definition) is 4. The summed E-state index contributed by atoms with van der Waals surface area (Å²) in [5.74, 6) is -5.40. The Hall–Kier alpha value is -1.81. The molecule has 1 heterocycles. The molecule has 0 unspecified atom stereocenters. The minimum absolute atomic E-state index is 0.410. The highest BCUT2D eigenvalue weighted by Crippen LogP contribution is 2.25. The van der Waals surface area contributed by atoms with E-state index in [1.807, 2.05) is 11.9 Å². The van der Waals surface area contributed by atoms with Crippen LogP contribution < -0.4 is 4.31 Å².